The fraction of sp³-hybridized carbons (Fsp3) is 0.348. The molecule has 1 saturated heterocycles. The summed E-state index contributed by atoms with van der Waals surface area (Å²) in [4.78, 5) is 21.1. The normalized spacial score (nSPS) is 14.6. The number of amides is 1. The Morgan fingerprint density at radius 2 is 1.91 bits per heavy atom. The maximum atomic E-state index is 12.8. The molecule has 1 amide bonds. The minimum Gasteiger partial charge on any atom is -0.435 e. The van der Waals surface area contributed by atoms with Crippen molar-refractivity contribution in [3.8, 4) is 17.1 Å². The summed E-state index contributed by atoms with van der Waals surface area (Å²) < 4.78 is 39.5. The third kappa shape index (κ3) is 5.91. The Kier molecular flexibility index (Phi) is 7.26. The molecule has 0 aliphatic carbocycles. The van der Waals surface area contributed by atoms with Gasteiger partial charge in [-0.25, -0.2) is 0 Å². The maximum Gasteiger partial charge on any atom is 0.387 e. The highest BCUT2D eigenvalue weighted by Gasteiger charge is 2.23. The van der Waals surface area contributed by atoms with Crippen LogP contribution in [0.2, 0.25) is 0 Å². The fourth-order valence-electron chi connectivity index (χ4n) is 3.72. The second-order valence-corrected chi connectivity index (χ2v) is 7.62. The Bertz CT molecular complexity index is 1080. The lowest BCUT2D eigenvalue weighted by molar-refractivity contribution is -0.0499. The molecule has 0 unspecified atom stereocenters. The molecule has 1 aliphatic heterocycles. The molecule has 0 atom stereocenters. The standard InChI is InChI=1S/C23H24F2N4O4/c1-31-15-20-26-21(27-33-20)17-5-2-4-16(12-17)14-28-8-10-29(11-9-28)22(30)18-6-3-7-19(13-18)32-23(24)25/h2-7,12-13,23H,8-11,14-15H2,1H3. The first kappa shape index (κ1) is 22.8. The van der Waals surface area contributed by atoms with E-state index in [4.69, 9.17) is 9.26 Å². The highest BCUT2D eigenvalue weighted by Crippen LogP contribution is 2.21. The molecule has 2 heterocycles. The van der Waals surface area contributed by atoms with Crippen LogP contribution in [-0.4, -0.2) is 65.7 Å². The van der Waals surface area contributed by atoms with Crippen molar-refractivity contribution in [3.05, 3.63) is 65.5 Å². The third-order valence-corrected chi connectivity index (χ3v) is 5.29. The Morgan fingerprint density at radius 3 is 2.67 bits per heavy atom. The molecule has 3 aromatic rings. The van der Waals surface area contributed by atoms with Gasteiger partial charge in [-0.05, 0) is 29.8 Å². The molecule has 1 aromatic heterocycles. The van der Waals surface area contributed by atoms with Gasteiger partial charge in [-0.1, -0.05) is 29.4 Å². The molecule has 0 bridgehead atoms. The van der Waals surface area contributed by atoms with E-state index < -0.39 is 6.61 Å². The van der Waals surface area contributed by atoms with Gasteiger partial charge in [0.05, 0.1) is 0 Å². The number of rotatable bonds is 8. The Labute approximate surface area is 189 Å². The van der Waals surface area contributed by atoms with Crippen molar-refractivity contribution in [1.29, 1.82) is 0 Å². The summed E-state index contributed by atoms with van der Waals surface area (Å²) in [5, 5.41) is 4.00. The number of halogens is 2. The monoisotopic (exact) mass is 458 g/mol. The van der Waals surface area contributed by atoms with E-state index in [1.165, 1.54) is 18.2 Å². The van der Waals surface area contributed by atoms with Crippen LogP contribution in [0.1, 0.15) is 21.8 Å². The number of nitrogens with zero attached hydrogens (tertiary/aromatic N) is 4. The van der Waals surface area contributed by atoms with Crippen molar-refractivity contribution in [2.75, 3.05) is 33.3 Å². The molecule has 10 heteroatoms. The first-order chi connectivity index (χ1) is 16.0. The topological polar surface area (TPSA) is 80.9 Å². The van der Waals surface area contributed by atoms with Gasteiger partial charge < -0.3 is 18.9 Å². The number of hydrogen-bond donors (Lipinski definition) is 0. The van der Waals surface area contributed by atoms with Gasteiger partial charge in [-0.15, -0.1) is 0 Å². The summed E-state index contributed by atoms with van der Waals surface area (Å²) in [6, 6.07) is 13.8. The van der Waals surface area contributed by atoms with Crippen LogP contribution in [0.25, 0.3) is 11.4 Å². The van der Waals surface area contributed by atoms with Crippen LogP contribution in [0.3, 0.4) is 0 Å². The van der Waals surface area contributed by atoms with Crippen molar-refractivity contribution < 1.29 is 27.6 Å². The smallest absolute Gasteiger partial charge is 0.387 e. The second kappa shape index (κ2) is 10.5. The first-order valence-corrected chi connectivity index (χ1v) is 10.5. The Balaban J connectivity index is 1.33. The number of carbonyl (C=O) groups is 1. The van der Waals surface area contributed by atoms with Crippen molar-refractivity contribution in [3.63, 3.8) is 0 Å². The number of alkyl halides is 2. The van der Waals surface area contributed by atoms with Crippen molar-refractivity contribution in [2.24, 2.45) is 0 Å². The molecule has 174 valence electrons. The number of aromatic nitrogens is 2. The van der Waals surface area contributed by atoms with E-state index in [1.54, 1.807) is 18.1 Å². The number of ether oxygens (including phenoxy) is 2. The van der Waals surface area contributed by atoms with E-state index in [9.17, 15) is 13.6 Å². The van der Waals surface area contributed by atoms with Gasteiger partial charge in [0.15, 0.2) is 0 Å². The predicted molar refractivity (Wildman–Crippen MR) is 115 cm³/mol. The van der Waals surface area contributed by atoms with E-state index >= 15 is 0 Å². The average molecular weight is 458 g/mol. The summed E-state index contributed by atoms with van der Waals surface area (Å²) in [5.74, 6) is 0.716. The minimum absolute atomic E-state index is 0.0229. The average Bonchev–Trinajstić information content (AvgIpc) is 3.28. The predicted octanol–water partition coefficient (Wildman–Crippen LogP) is 3.44. The highest BCUT2D eigenvalue weighted by atomic mass is 19.3. The highest BCUT2D eigenvalue weighted by molar-refractivity contribution is 5.94. The zero-order valence-electron chi connectivity index (χ0n) is 18.1. The summed E-state index contributed by atoms with van der Waals surface area (Å²) >= 11 is 0. The van der Waals surface area contributed by atoms with Gasteiger partial charge in [0.2, 0.25) is 5.82 Å². The molecule has 4 rings (SSSR count). The number of carbonyl (C=O) groups excluding carboxylic acids is 1. The third-order valence-electron chi connectivity index (χ3n) is 5.29. The van der Waals surface area contributed by atoms with E-state index in [0.717, 1.165) is 17.7 Å². The molecule has 0 saturated carbocycles. The van der Waals surface area contributed by atoms with E-state index in [2.05, 4.69) is 19.8 Å². The van der Waals surface area contributed by atoms with E-state index in [0.29, 0.717) is 43.5 Å². The molecular weight excluding hydrogens is 434 g/mol. The van der Waals surface area contributed by atoms with E-state index in [-0.39, 0.29) is 18.3 Å². The first-order valence-electron chi connectivity index (χ1n) is 10.5. The lowest BCUT2D eigenvalue weighted by Gasteiger charge is -2.35. The van der Waals surface area contributed by atoms with Crippen LogP contribution in [-0.2, 0) is 17.9 Å². The Hall–Kier alpha value is -3.37. The molecular formula is C23H24F2N4O4. The lowest BCUT2D eigenvalue weighted by atomic mass is 10.1. The van der Waals surface area contributed by atoms with Gasteiger partial charge in [0.1, 0.15) is 12.4 Å². The van der Waals surface area contributed by atoms with E-state index in [1.807, 2.05) is 24.3 Å². The molecule has 1 fully saturated rings. The number of piperazine rings is 1. The molecule has 0 radical (unpaired) electrons. The van der Waals surface area contributed by atoms with Gasteiger partial charge in [-0.3, -0.25) is 9.69 Å². The van der Waals surface area contributed by atoms with Crippen LogP contribution in [0, 0.1) is 0 Å². The minimum atomic E-state index is -2.93. The van der Waals surface area contributed by atoms with Crippen LogP contribution in [0.5, 0.6) is 5.75 Å². The van der Waals surface area contributed by atoms with Crippen LogP contribution < -0.4 is 4.74 Å². The summed E-state index contributed by atoms with van der Waals surface area (Å²) in [5.41, 5.74) is 2.29. The van der Waals surface area contributed by atoms with Crippen LogP contribution in [0.4, 0.5) is 8.78 Å². The number of methoxy groups -OCH3 is 1. The fourth-order valence-corrected chi connectivity index (χ4v) is 3.72. The summed E-state index contributed by atoms with van der Waals surface area (Å²) in [6.07, 6.45) is 0. The largest absolute Gasteiger partial charge is 0.435 e. The summed E-state index contributed by atoms with van der Waals surface area (Å²) in [6.45, 7) is 0.542. The van der Waals surface area contributed by atoms with Crippen LogP contribution in [0.15, 0.2) is 53.1 Å². The Morgan fingerprint density at radius 1 is 1.12 bits per heavy atom. The lowest BCUT2D eigenvalue weighted by Crippen LogP contribution is -2.48. The summed E-state index contributed by atoms with van der Waals surface area (Å²) in [7, 11) is 1.57. The molecule has 1 aliphatic rings. The molecule has 0 spiro atoms. The van der Waals surface area contributed by atoms with Gasteiger partial charge in [0.25, 0.3) is 11.8 Å². The molecule has 8 nitrogen and oxygen atoms in total. The number of hydrogen-bond acceptors (Lipinski definition) is 7. The molecule has 0 N–H and O–H groups in total. The van der Waals surface area contributed by atoms with Gasteiger partial charge >= 0.3 is 6.61 Å². The van der Waals surface area contributed by atoms with Crippen molar-refractivity contribution in [1.82, 2.24) is 19.9 Å². The second-order valence-electron chi connectivity index (χ2n) is 7.62. The van der Waals surface area contributed by atoms with Gasteiger partial charge in [0, 0.05) is 51.0 Å². The van der Waals surface area contributed by atoms with Crippen molar-refractivity contribution in [2.45, 2.75) is 19.8 Å². The quantitative estimate of drug-likeness (QED) is 0.512. The molecule has 2 aromatic carbocycles. The zero-order valence-corrected chi connectivity index (χ0v) is 18.1. The molecule has 33 heavy (non-hydrogen) atoms. The maximum absolute atomic E-state index is 12.8. The SMILES string of the molecule is COCc1nc(-c2cccc(CN3CCN(C(=O)c4cccc(OC(F)F)c4)CC3)c2)no1. The van der Waals surface area contributed by atoms with Crippen LogP contribution >= 0.6 is 0 Å². The zero-order chi connectivity index (χ0) is 23.2. The van der Waals surface area contributed by atoms with Gasteiger partial charge in [-0.2, -0.15) is 13.8 Å². The van der Waals surface area contributed by atoms with Crippen molar-refractivity contribution >= 4 is 5.91 Å². The number of benzene rings is 2.